The van der Waals surface area contributed by atoms with Gasteiger partial charge in [-0.2, -0.15) is 4.31 Å². The highest BCUT2D eigenvalue weighted by atomic mass is 32.2. The lowest BCUT2D eigenvalue weighted by Gasteiger charge is -2.27. The Bertz CT molecular complexity index is 1400. The Balaban J connectivity index is 1.54. The molecule has 0 N–H and O–H groups in total. The number of carbonyl (C=O) groups is 2. The maximum atomic E-state index is 13.8. The molecule has 2 amide bonds. The summed E-state index contributed by atoms with van der Waals surface area (Å²) >= 11 is 0. The molecule has 0 radical (unpaired) electrons. The van der Waals surface area contributed by atoms with E-state index in [0.717, 1.165) is 20.3 Å². The molecule has 1 unspecified atom stereocenters. The van der Waals surface area contributed by atoms with Crippen molar-refractivity contribution in [2.75, 3.05) is 11.7 Å². The van der Waals surface area contributed by atoms with Gasteiger partial charge in [0.25, 0.3) is 5.91 Å². The van der Waals surface area contributed by atoms with Crippen LogP contribution in [0.25, 0.3) is 0 Å². The molecule has 180 valence electrons. The summed E-state index contributed by atoms with van der Waals surface area (Å²) in [5.74, 6) is 0.0542. The van der Waals surface area contributed by atoms with Gasteiger partial charge in [-0.1, -0.05) is 41.5 Å². The summed E-state index contributed by atoms with van der Waals surface area (Å²) in [5.41, 5.74) is 2.92. The molecule has 0 saturated carbocycles. The summed E-state index contributed by atoms with van der Waals surface area (Å²) < 4.78 is 39.5. The number of hydrogen-bond acceptors (Lipinski definition) is 6. The van der Waals surface area contributed by atoms with Gasteiger partial charge in [-0.15, -0.1) is 0 Å². The predicted octanol–water partition coefficient (Wildman–Crippen LogP) is 3.56. The fourth-order valence-corrected chi connectivity index (χ4v) is 5.80. The smallest absolute Gasteiger partial charge is 0.252 e. The summed E-state index contributed by atoms with van der Waals surface area (Å²) in [6.07, 6.45) is -0.248. The molecule has 0 aliphatic carbocycles. The first-order valence-corrected chi connectivity index (χ1v) is 12.6. The van der Waals surface area contributed by atoms with E-state index >= 15 is 0 Å². The van der Waals surface area contributed by atoms with Crippen LogP contribution in [0.2, 0.25) is 0 Å². The van der Waals surface area contributed by atoms with Gasteiger partial charge in [0.1, 0.15) is 6.04 Å². The first-order valence-electron chi connectivity index (χ1n) is 11.1. The second-order valence-electron chi connectivity index (χ2n) is 8.67. The maximum Gasteiger partial charge on any atom is 0.252 e. The third kappa shape index (κ3) is 4.28. The number of aryl methyl sites for hydroxylation is 2. The van der Waals surface area contributed by atoms with Crippen LogP contribution < -0.4 is 14.4 Å². The molecule has 3 aromatic carbocycles. The minimum Gasteiger partial charge on any atom is -0.454 e. The quantitative estimate of drug-likeness (QED) is 0.489. The third-order valence-corrected chi connectivity index (χ3v) is 8.03. The molecular formula is C26H24N2O6S. The molecule has 1 saturated heterocycles. The van der Waals surface area contributed by atoms with Gasteiger partial charge in [0.05, 0.1) is 17.0 Å². The SMILES string of the molecule is Cc1ccc(N2C(=O)CC(N(Cc3ccc4c(c3)OCO4)S(=O)(=O)c3ccc(C)cc3)C2=O)cc1. The van der Waals surface area contributed by atoms with Crippen LogP contribution in [0.5, 0.6) is 11.5 Å². The molecule has 35 heavy (non-hydrogen) atoms. The number of fused-ring (bicyclic) bond motifs is 1. The van der Waals surface area contributed by atoms with E-state index < -0.39 is 27.9 Å². The number of rotatable bonds is 6. The van der Waals surface area contributed by atoms with Gasteiger partial charge in [0, 0.05) is 6.54 Å². The zero-order chi connectivity index (χ0) is 24.7. The van der Waals surface area contributed by atoms with E-state index in [9.17, 15) is 18.0 Å². The van der Waals surface area contributed by atoms with Crippen molar-refractivity contribution >= 4 is 27.5 Å². The Morgan fingerprint density at radius 3 is 2.20 bits per heavy atom. The van der Waals surface area contributed by atoms with Crippen LogP contribution in [0, 0.1) is 13.8 Å². The average Bonchev–Trinajstić information content (AvgIpc) is 3.41. The number of hydrogen-bond donors (Lipinski definition) is 0. The van der Waals surface area contributed by atoms with E-state index in [2.05, 4.69) is 0 Å². The van der Waals surface area contributed by atoms with Crippen molar-refractivity contribution in [2.24, 2.45) is 0 Å². The molecular weight excluding hydrogens is 468 g/mol. The number of carbonyl (C=O) groups excluding carboxylic acids is 2. The Morgan fingerprint density at radius 2 is 1.51 bits per heavy atom. The first kappa shape index (κ1) is 23.1. The molecule has 0 spiro atoms. The molecule has 2 heterocycles. The predicted molar refractivity (Wildman–Crippen MR) is 129 cm³/mol. The Hall–Kier alpha value is -3.69. The topological polar surface area (TPSA) is 93.2 Å². The number of imide groups is 1. The fraction of sp³-hybridized carbons (Fsp3) is 0.231. The second-order valence-corrected chi connectivity index (χ2v) is 10.6. The number of amides is 2. The summed E-state index contributed by atoms with van der Waals surface area (Å²) in [7, 11) is -4.12. The molecule has 9 heteroatoms. The maximum absolute atomic E-state index is 13.8. The van der Waals surface area contributed by atoms with Crippen LogP contribution in [0.1, 0.15) is 23.1 Å². The lowest BCUT2D eigenvalue weighted by molar-refractivity contribution is -0.122. The van der Waals surface area contributed by atoms with E-state index in [4.69, 9.17) is 9.47 Å². The number of ether oxygens (including phenoxy) is 2. The molecule has 1 atom stereocenters. The normalized spacial score (nSPS) is 17.5. The number of anilines is 1. The Labute approximate surface area is 203 Å². The van der Waals surface area contributed by atoms with E-state index in [0.29, 0.717) is 22.7 Å². The van der Waals surface area contributed by atoms with Crippen molar-refractivity contribution in [1.29, 1.82) is 0 Å². The van der Waals surface area contributed by atoms with Crippen molar-refractivity contribution < 1.29 is 27.5 Å². The van der Waals surface area contributed by atoms with E-state index in [1.165, 1.54) is 12.1 Å². The van der Waals surface area contributed by atoms with Gasteiger partial charge < -0.3 is 9.47 Å². The van der Waals surface area contributed by atoms with E-state index in [-0.39, 0.29) is 24.7 Å². The summed E-state index contributed by atoms with van der Waals surface area (Å²) in [5, 5.41) is 0. The molecule has 2 aliphatic heterocycles. The van der Waals surface area contributed by atoms with Crippen molar-refractivity contribution in [3.8, 4) is 11.5 Å². The average molecular weight is 493 g/mol. The molecule has 0 bridgehead atoms. The molecule has 8 nitrogen and oxygen atoms in total. The summed E-state index contributed by atoms with van der Waals surface area (Å²) in [6, 6.07) is 17.3. The van der Waals surface area contributed by atoms with Gasteiger partial charge in [-0.05, 0) is 55.8 Å². The monoisotopic (exact) mass is 492 g/mol. The van der Waals surface area contributed by atoms with Gasteiger partial charge >= 0.3 is 0 Å². The molecule has 2 aliphatic rings. The van der Waals surface area contributed by atoms with Gasteiger partial charge in [-0.25, -0.2) is 13.3 Å². The van der Waals surface area contributed by atoms with Crippen molar-refractivity contribution in [3.05, 3.63) is 83.4 Å². The van der Waals surface area contributed by atoms with Gasteiger partial charge in [0.2, 0.25) is 22.7 Å². The van der Waals surface area contributed by atoms with E-state index in [1.54, 1.807) is 54.6 Å². The van der Waals surface area contributed by atoms with Crippen molar-refractivity contribution in [1.82, 2.24) is 4.31 Å². The minimum absolute atomic E-state index is 0.0536. The fourth-order valence-electron chi connectivity index (χ4n) is 4.23. The highest BCUT2D eigenvalue weighted by Gasteiger charge is 2.47. The Morgan fingerprint density at radius 1 is 0.886 bits per heavy atom. The first-order chi connectivity index (χ1) is 16.7. The zero-order valence-corrected chi connectivity index (χ0v) is 20.1. The standard InChI is InChI=1S/C26H24N2O6S/c1-17-3-8-20(9-4-17)28-25(29)14-22(26(28)30)27(35(31,32)21-10-5-18(2)6-11-21)15-19-7-12-23-24(13-19)34-16-33-23/h3-13,22H,14-16H2,1-2H3. The third-order valence-electron chi connectivity index (χ3n) is 6.17. The number of sulfonamides is 1. The minimum atomic E-state index is -4.12. The van der Waals surface area contributed by atoms with Crippen LogP contribution in [-0.2, 0) is 26.2 Å². The van der Waals surface area contributed by atoms with Crippen LogP contribution in [0.3, 0.4) is 0 Å². The van der Waals surface area contributed by atoms with Crippen LogP contribution >= 0.6 is 0 Å². The zero-order valence-electron chi connectivity index (χ0n) is 19.3. The highest BCUT2D eigenvalue weighted by Crippen LogP contribution is 2.35. The lowest BCUT2D eigenvalue weighted by Crippen LogP contribution is -2.45. The molecule has 1 fully saturated rings. The number of benzene rings is 3. The van der Waals surface area contributed by atoms with Crippen LogP contribution in [-0.4, -0.2) is 37.4 Å². The second kappa shape index (κ2) is 8.83. The Kier molecular flexibility index (Phi) is 5.82. The largest absolute Gasteiger partial charge is 0.454 e. The lowest BCUT2D eigenvalue weighted by atomic mass is 10.1. The van der Waals surface area contributed by atoms with E-state index in [1.807, 2.05) is 13.8 Å². The summed E-state index contributed by atoms with van der Waals surface area (Å²) in [4.78, 5) is 27.6. The summed E-state index contributed by atoms with van der Waals surface area (Å²) in [6.45, 7) is 3.74. The van der Waals surface area contributed by atoms with Crippen LogP contribution in [0.15, 0.2) is 71.6 Å². The van der Waals surface area contributed by atoms with Gasteiger partial charge in [0.15, 0.2) is 11.5 Å². The number of nitrogens with zero attached hydrogens (tertiary/aromatic N) is 2. The van der Waals surface area contributed by atoms with Crippen molar-refractivity contribution in [3.63, 3.8) is 0 Å². The molecule has 3 aromatic rings. The van der Waals surface area contributed by atoms with Gasteiger partial charge in [-0.3, -0.25) is 9.59 Å². The highest BCUT2D eigenvalue weighted by molar-refractivity contribution is 7.89. The van der Waals surface area contributed by atoms with Crippen LogP contribution in [0.4, 0.5) is 5.69 Å². The van der Waals surface area contributed by atoms with Crippen molar-refractivity contribution in [2.45, 2.75) is 37.8 Å². The molecule has 0 aromatic heterocycles. The molecule has 5 rings (SSSR count).